The number of hydrazine groups is 1. The predicted molar refractivity (Wildman–Crippen MR) is 93.4 cm³/mol. The summed E-state index contributed by atoms with van der Waals surface area (Å²) >= 11 is 0. The number of ether oxygens (including phenoxy) is 1. The van der Waals surface area contributed by atoms with Gasteiger partial charge in [-0.25, -0.2) is 14.6 Å². The monoisotopic (exact) mass is 358 g/mol. The fraction of sp³-hybridized carbons (Fsp3) is 0.333. The largest absolute Gasteiger partial charge is 0.478 e. The molecule has 2 atom stereocenters. The van der Waals surface area contributed by atoms with Crippen molar-refractivity contribution in [2.75, 3.05) is 23.5 Å². The average molecular weight is 358 g/mol. The van der Waals surface area contributed by atoms with Gasteiger partial charge in [-0.15, -0.1) is 0 Å². The second-order valence-electron chi connectivity index (χ2n) is 6.38. The fourth-order valence-corrected chi connectivity index (χ4v) is 3.45. The second-order valence-corrected chi connectivity index (χ2v) is 6.38. The van der Waals surface area contributed by atoms with Crippen LogP contribution in [0.4, 0.5) is 15.8 Å². The lowest BCUT2D eigenvalue weighted by molar-refractivity contribution is 0.0697. The molecule has 2 aliphatic rings. The summed E-state index contributed by atoms with van der Waals surface area (Å²) in [6, 6.07) is 6.17. The number of carboxylic acids is 1. The molecule has 8 heteroatoms. The standard InChI is InChI=1S/C18H19FN4O3/c19-11-3-4-16-14(8-11)17(22-23(16)12-2-1-7-26-10-12)21-15-9-20-6-5-13(15)18(24)25/h3-6,8-9,12,17,21-22H,1-2,7,10H2,(H,24,25). The van der Waals surface area contributed by atoms with Gasteiger partial charge in [0.2, 0.25) is 0 Å². The van der Waals surface area contributed by atoms with Crippen LogP contribution in [0.25, 0.3) is 0 Å². The zero-order valence-electron chi connectivity index (χ0n) is 14.0. The van der Waals surface area contributed by atoms with Crippen molar-refractivity contribution in [3.05, 3.63) is 53.6 Å². The maximum absolute atomic E-state index is 13.8. The number of hydrogen-bond acceptors (Lipinski definition) is 6. The summed E-state index contributed by atoms with van der Waals surface area (Å²) in [6.07, 6.45) is 4.34. The van der Waals surface area contributed by atoms with E-state index in [2.05, 4.69) is 15.7 Å². The third kappa shape index (κ3) is 3.09. The molecule has 1 aromatic carbocycles. The maximum Gasteiger partial charge on any atom is 0.337 e. The summed E-state index contributed by atoms with van der Waals surface area (Å²) in [5.41, 5.74) is 5.38. The van der Waals surface area contributed by atoms with Gasteiger partial charge in [-0.1, -0.05) is 0 Å². The van der Waals surface area contributed by atoms with Crippen LogP contribution >= 0.6 is 0 Å². The van der Waals surface area contributed by atoms with E-state index < -0.39 is 12.1 Å². The van der Waals surface area contributed by atoms with Crippen LogP contribution in [0.2, 0.25) is 0 Å². The van der Waals surface area contributed by atoms with E-state index in [-0.39, 0.29) is 17.4 Å². The van der Waals surface area contributed by atoms with Crippen molar-refractivity contribution in [2.45, 2.75) is 25.0 Å². The van der Waals surface area contributed by atoms with Crippen LogP contribution in [-0.4, -0.2) is 35.3 Å². The molecule has 2 aliphatic heterocycles. The Kier molecular flexibility index (Phi) is 4.44. The Morgan fingerprint density at radius 2 is 2.31 bits per heavy atom. The highest BCUT2D eigenvalue weighted by atomic mass is 19.1. The highest BCUT2D eigenvalue weighted by molar-refractivity contribution is 5.94. The van der Waals surface area contributed by atoms with Gasteiger partial charge in [0.05, 0.1) is 35.8 Å². The minimum atomic E-state index is -1.05. The summed E-state index contributed by atoms with van der Waals surface area (Å²) in [5, 5.41) is 14.5. The van der Waals surface area contributed by atoms with Crippen molar-refractivity contribution in [3.8, 4) is 0 Å². The molecule has 136 valence electrons. The molecule has 0 saturated carbocycles. The minimum absolute atomic E-state index is 0.110. The van der Waals surface area contributed by atoms with Crippen LogP contribution in [0.5, 0.6) is 0 Å². The van der Waals surface area contributed by atoms with Crippen molar-refractivity contribution in [3.63, 3.8) is 0 Å². The van der Waals surface area contributed by atoms with Gasteiger partial charge in [0.25, 0.3) is 0 Å². The van der Waals surface area contributed by atoms with Crippen LogP contribution in [0.1, 0.15) is 34.9 Å². The second kappa shape index (κ2) is 6.89. The lowest BCUT2D eigenvalue weighted by Gasteiger charge is -2.33. The number of rotatable bonds is 4. The minimum Gasteiger partial charge on any atom is -0.478 e. The van der Waals surface area contributed by atoms with E-state index in [0.717, 1.165) is 30.7 Å². The summed E-state index contributed by atoms with van der Waals surface area (Å²) in [4.78, 5) is 15.4. The van der Waals surface area contributed by atoms with Crippen molar-refractivity contribution in [1.82, 2.24) is 10.4 Å². The SMILES string of the molecule is O=C(O)c1ccncc1NC1NN(C2CCCOC2)c2ccc(F)cc21. The Hall–Kier alpha value is -2.71. The zero-order valence-corrected chi connectivity index (χ0v) is 14.0. The fourth-order valence-electron chi connectivity index (χ4n) is 3.45. The summed E-state index contributed by atoms with van der Waals surface area (Å²) < 4.78 is 19.4. The number of fused-ring (bicyclic) bond motifs is 1. The van der Waals surface area contributed by atoms with Crippen LogP contribution < -0.4 is 15.8 Å². The van der Waals surface area contributed by atoms with E-state index in [9.17, 15) is 14.3 Å². The molecule has 1 aromatic heterocycles. The third-order valence-corrected chi connectivity index (χ3v) is 4.68. The molecule has 0 aliphatic carbocycles. The molecule has 26 heavy (non-hydrogen) atoms. The van der Waals surface area contributed by atoms with Crippen LogP contribution in [0.15, 0.2) is 36.7 Å². The van der Waals surface area contributed by atoms with E-state index in [4.69, 9.17) is 4.74 Å². The number of halogens is 1. The predicted octanol–water partition coefficient (Wildman–Crippen LogP) is 2.53. The number of carbonyl (C=O) groups is 1. The first-order valence-corrected chi connectivity index (χ1v) is 8.50. The topological polar surface area (TPSA) is 86.7 Å². The normalized spacial score (nSPS) is 22.1. The lowest BCUT2D eigenvalue weighted by Crippen LogP contribution is -2.48. The van der Waals surface area contributed by atoms with Crippen molar-refractivity contribution in [1.29, 1.82) is 0 Å². The number of nitrogens with zero attached hydrogens (tertiary/aromatic N) is 2. The van der Waals surface area contributed by atoms with E-state index in [1.54, 1.807) is 6.07 Å². The van der Waals surface area contributed by atoms with Gasteiger partial charge in [-0.3, -0.25) is 4.98 Å². The number of anilines is 2. The molecule has 2 unspecified atom stereocenters. The van der Waals surface area contributed by atoms with E-state index in [1.807, 2.05) is 5.01 Å². The smallest absolute Gasteiger partial charge is 0.337 e. The Bertz CT molecular complexity index is 826. The molecule has 0 bridgehead atoms. The molecule has 1 fully saturated rings. The van der Waals surface area contributed by atoms with E-state index >= 15 is 0 Å². The van der Waals surface area contributed by atoms with E-state index in [1.165, 1.54) is 30.6 Å². The highest BCUT2D eigenvalue weighted by Gasteiger charge is 2.34. The van der Waals surface area contributed by atoms with Crippen molar-refractivity contribution in [2.24, 2.45) is 0 Å². The molecule has 3 heterocycles. The Balaban J connectivity index is 1.65. The molecule has 1 saturated heterocycles. The quantitative estimate of drug-likeness (QED) is 0.774. The maximum atomic E-state index is 13.8. The van der Waals surface area contributed by atoms with Gasteiger partial charge < -0.3 is 20.2 Å². The summed E-state index contributed by atoms with van der Waals surface area (Å²) in [5.74, 6) is -1.39. The molecule has 0 spiro atoms. The lowest BCUT2D eigenvalue weighted by atomic mass is 10.1. The van der Waals surface area contributed by atoms with Crippen molar-refractivity contribution >= 4 is 17.3 Å². The molecule has 2 aromatic rings. The Labute approximate surface area is 149 Å². The molecule has 3 N–H and O–H groups in total. The number of aromatic carboxylic acids is 1. The number of nitrogens with one attached hydrogen (secondary N) is 2. The first-order valence-electron chi connectivity index (χ1n) is 8.50. The zero-order chi connectivity index (χ0) is 18.1. The van der Waals surface area contributed by atoms with Gasteiger partial charge in [-0.05, 0) is 37.1 Å². The molecular weight excluding hydrogens is 339 g/mol. The van der Waals surface area contributed by atoms with Crippen LogP contribution in [0, 0.1) is 5.82 Å². The Morgan fingerprint density at radius 1 is 1.42 bits per heavy atom. The van der Waals surface area contributed by atoms with Gasteiger partial charge in [0.15, 0.2) is 0 Å². The van der Waals surface area contributed by atoms with Crippen molar-refractivity contribution < 1.29 is 19.0 Å². The number of aromatic nitrogens is 1. The Morgan fingerprint density at radius 3 is 3.08 bits per heavy atom. The van der Waals surface area contributed by atoms with Crippen LogP contribution in [-0.2, 0) is 4.74 Å². The average Bonchev–Trinajstić information content (AvgIpc) is 3.00. The van der Waals surface area contributed by atoms with Crippen LogP contribution in [0.3, 0.4) is 0 Å². The van der Waals surface area contributed by atoms with Gasteiger partial charge >= 0.3 is 5.97 Å². The number of benzene rings is 1. The summed E-state index contributed by atoms with van der Waals surface area (Å²) in [7, 11) is 0. The number of hydrogen-bond donors (Lipinski definition) is 3. The van der Waals surface area contributed by atoms with Gasteiger partial charge in [-0.2, -0.15) is 0 Å². The number of carboxylic acid groups (broad SMARTS) is 1. The summed E-state index contributed by atoms with van der Waals surface area (Å²) in [6.45, 7) is 1.34. The molecule has 4 rings (SSSR count). The van der Waals surface area contributed by atoms with Gasteiger partial charge in [0.1, 0.15) is 12.0 Å². The molecular formula is C18H19FN4O3. The van der Waals surface area contributed by atoms with Gasteiger partial charge in [0, 0.05) is 18.4 Å². The molecule has 0 amide bonds. The third-order valence-electron chi connectivity index (χ3n) is 4.68. The highest BCUT2D eigenvalue weighted by Crippen LogP contribution is 2.36. The molecule has 0 radical (unpaired) electrons. The first kappa shape index (κ1) is 16.7. The van der Waals surface area contributed by atoms with E-state index in [0.29, 0.717) is 12.3 Å². The first-order chi connectivity index (χ1) is 12.6. The number of pyridine rings is 1. The molecule has 7 nitrogen and oxygen atoms in total.